The Hall–Kier alpha value is -5.05. The summed E-state index contributed by atoms with van der Waals surface area (Å²) in [6, 6.07) is 87.5. The zero-order valence-corrected chi connectivity index (χ0v) is 41.6. The van der Waals surface area contributed by atoms with Gasteiger partial charge in [-0.05, 0) is 99.4 Å². The molecule has 6 heteroatoms. The SMILES string of the molecule is [I-].[I-].c1ccc(-c2c(-c3ccccc3)[n+](Cc3ccc4ccccc4c3)c(SCCC[P+](c3ccccc3)(c3ccccc3)c3ccccc3)n2Cc2ccc3ccccc3c2)cc1. The summed E-state index contributed by atoms with van der Waals surface area (Å²) in [7, 11) is -1.98. The van der Waals surface area contributed by atoms with E-state index in [0.29, 0.717) is 0 Å². The number of benzene rings is 9. The van der Waals surface area contributed by atoms with Gasteiger partial charge in [-0.1, -0.05) is 188 Å². The Labute approximate surface area is 416 Å². The standard InChI is InChI=1S/C58H49N2PS.2HI/c1-6-23-49(24-7-1)56-57(50-25-8-2-9-26-50)60(44-46-36-38-48-22-17-19-28-52(48)42-46)58(59(56)43-45-35-37-47-21-16-18-27-51(47)41-45)62-40-20-39-61(53-29-10-3-11-30-53,54-31-12-4-13-32-54)55-33-14-5-15-34-55;;/h1-19,21-38,41-42H,20,39-40,43-44H2;2*1H/q+2;;/p-2. The molecule has 0 bridgehead atoms. The molecule has 0 radical (unpaired) electrons. The molecule has 0 saturated heterocycles. The maximum absolute atomic E-state index is 2.63. The summed E-state index contributed by atoms with van der Waals surface area (Å²) in [6.45, 7) is 1.49. The van der Waals surface area contributed by atoms with Crippen molar-refractivity contribution in [2.75, 3.05) is 11.9 Å². The van der Waals surface area contributed by atoms with Crippen molar-refractivity contribution in [3.63, 3.8) is 0 Å². The molecule has 1 heterocycles. The zero-order chi connectivity index (χ0) is 41.6. The third kappa shape index (κ3) is 9.51. The monoisotopic (exact) mass is 1090 g/mol. The lowest BCUT2D eigenvalue weighted by Crippen LogP contribution is -3.00. The molecule has 9 aromatic carbocycles. The summed E-state index contributed by atoms with van der Waals surface area (Å²) >= 11 is 2.01. The van der Waals surface area contributed by atoms with Gasteiger partial charge in [-0.3, -0.25) is 0 Å². The third-order valence-electron chi connectivity index (χ3n) is 12.1. The van der Waals surface area contributed by atoms with Gasteiger partial charge in [0.2, 0.25) is 0 Å². The van der Waals surface area contributed by atoms with Crippen LogP contribution >= 0.6 is 19.0 Å². The molecule has 0 amide bonds. The Morgan fingerprint density at radius 2 is 0.844 bits per heavy atom. The molecule has 0 aliphatic rings. The molecule has 0 spiro atoms. The second-order valence-corrected chi connectivity index (χ2v) is 20.7. The number of thioether (sulfide) groups is 1. The zero-order valence-electron chi connectivity index (χ0n) is 35.6. The van der Waals surface area contributed by atoms with E-state index in [9.17, 15) is 0 Å². The molecular weight excluding hydrogens is 1040 g/mol. The molecule has 2 nitrogen and oxygen atoms in total. The van der Waals surface area contributed by atoms with Gasteiger partial charge in [-0.25, -0.2) is 9.13 Å². The molecule has 10 rings (SSSR count). The maximum atomic E-state index is 2.63. The van der Waals surface area contributed by atoms with E-state index in [-0.39, 0.29) is 48.0 Å². The highest BCUT2D eigenvalue weighted by Gasteiger charge is 2.45. The van der Waals surface area contributed by atoms with Gasteiger partial charge < -0.3 is 48.0 Å². The van der Waals surface area contributed by atoms with Gasteiger partial charge in [-0.15, -0.1) is 0 Å². The minimum absolute atomic E-state index is 0. The van der Waals surface area contributed by atoms with Crippen molar-refractivity contribution in [2.45, 2.75) is 24.7 Å². The van der Waals surface area contributed by atoms with Crippen molar-refractivity contribution in [1.82, 2.24) is 4.57 Å². The summed E-state index contributed by atoms with van der Waals surface area (Å²) < 4.78 is 5.25. The average Bonchev–Trinajstić information content (AvgIpc) is 3.64. The van der Waals surface area contributed by atoms with Gasteiger partial charge in [0.25, 0.3) is 0 Å². The molecule has 0 fully saturated rings. The highest BCUT2D eigenvalue weighted by atomic mass is 127. The van der Waals surface area contributed by atoms with Crippen molar-refractivity contribution in [3.8, 4) is 22.5 Å². The number of fused-ring (bicyclic) bond motifs is 2. The fourth-order valence-electron chi connectivity index (χ4n) is 9.21. The van der Waals surface area contributed by atoms with Gasteiger partial charge in [0.1, 0.15) is 36.3 Å². The highest BCUT2D eigenvalue weighted by molar-refractivity contribution is 7.99. The second-order valence-electron chi connectivity index (χ2n) is 16.0. The van der Waals surface area contributed by atoms with E-state index >= 15 is 0 Å². The third-order valence-corrected chi connectivity index (χ3v) is 17.8. The van der Waals surface area contributed by atoms with Crippen LogP contribution < -0.4 is 68.4 Å². The molecule has 0 atom stereocenters. The van der Waals surface area contributed by atoms with Crippen LogP contribution in [0.3, 0.4) is 0 Å². The van der Waals surface area contributed by atoms with Crippen molar-refractivity contribution in [3.05, 3.63) is 248 Å². The Kier molecular flexibility index (Phi) is 15.1. The van der Waals surface area contributed by atoms with Crippen LogP contribution in [0.1, 0.15) is 17.5 Å². The number of hydrogen-bond acceptors (Lipinski definition) is 1. The topological polar surface area (TPSA) is 8.81 Å². The molecule has 0 N–H and O–H groups in total. The first-order valence-electron chi connectivity index (χ1n) is 21.6. The lowest BCUT2D eigenvalue weighted by Gasteiger charge is -2.27. The fraction of sp³-hybridized carbons (Fsp3) is 0.0862. The number of aromatic nitrogens is 2. The number of nitrogens with zero attached hydrogens (tertiary/aromatic N) is 2. The van der Waals surface area contributed by atoms with Crippen LogP contribution in [0.25, 0.3) is 44.1 Å². The van der Waals surface area contributed by atoms with Crippen molar-refractivity contribution < 1.29 is 52.5 Å². The summed E-state index contributed by atoms with van der Waals surface area (Å²) in [5.41, 5.74) is 7.50. The fourth-order valence-corrected chi connectivity index (χ4v) is 14.9. The molecule has 0 saturated carbocycles. The summed E-state index contributed by atoms with van der Waals surface area (Å²) in [6.07, 6.45) is 2.13. The molecule has 316 valence electrons. The highest BCUT2D eigenvalue weighted by Crippen LogP contribution is 2.56. The van der Waals surface area contributed by atoms with Crippen LogP contribution in [-0.4, -0.2) is 16.5 Å². The summed E-state index contributed by atoms with van der Waals surface area (Å²) in [4.78, 5) is 0. The Morgan fingerprint density at radius 1 is 0.422 bits per heavy atom. The predicted molar refractivity (Wildman–Crippen MR) is 267 cm³/mol. The summed E-state index contributed by atoms with van der Waals surface area (Å²) in [5.74, 6) is 0.968. The first-order valence-corrected chi connectivity index (χ1v) is 24.6. The molecular formula is C58H49I2N2PS. The minimum Gasteiger partial charge on any atom is -1.00 e. The van der Waals surface area contributed by atoms with Crippen LogP contribution in [0.2, 0.25) is 0 Å². The molecule has 0 aliphatic heterocycles. The number of hydrogen-bond donors (Lipinski definition) is 0. The predicted octanol–water partition coefficient (Wildman–Crippen LogP) is 7.00. The first-order chi connectivity index (χ1) is 30.7. The number of halogens is 2. The second kappa shape index (κ2) is 21.3. The van der Waals surface area contributed by atoms with Crippen LogP contribution in [-0.2, 0) is 13.1 Å². The van der Waals surface area contributed by atoms with Crippen LogP contribution in [0.5, 0.6) is 0 Å². The van der Waals surface area contributed by atoms with Crippen molar-refractivity contribution in [1.29, 1.82) is 0 Å². The first kappa shape index (κ1) is 45.5. The molecule has 1 aromatic heterocycles. The van der Waals surface area contributed by atoms with E-state index in [1.807, 2.05) is 11.8 Å². The van der Waals surface area contributed by atoms with Crippen molar-refractivity contribution in [2.24, 2.45) is 0 Å². The van der Waals surface area contributed by atoms with Gasteiger partial charge in [-0.2, -0.15) is 0 Å². The van der Waals surface area contributed by atoms with E-state index in [1.54, 1.807) is 0 Å². The van der Waals surface area contributed by atoms with Gasteiger partial charge >= 0.3 is 5.16 Å². The van der Waals surface area contributed by atoms with Gasteiger partial charge in [0, 0.05) is 16.9 Å². The molecule has 0 aliphatic carbocycles. The molecule has 64 heavy (non-hydrogen) atoms. The average molecular weight is 1090 g/mol. The maximum Gasteiger partial charge on any atom is 0.319 e. The lowest BCUT2D eigenvalue weighted by atomic mass is 10.0. The minimum atomic E-state index is -1.98. The van der Waals surface area contributed by atoms with Gasteiger partial charge in [0.15, 0.2) is 11.4 Å². The van der Waals surface area contributed by atoms with Gasteiger partial charge in [0.05, 0.1) is 6.16 Å². The van der Waals surface area contributed by atoms with E-state index in [2.05, 4.69) is 246 Å². The largest absolute Gasteiger partial charge is 1.00 e. The lowest BCUT2D eigenvalue weighted by molar-refractivity contribution is -0.715. The Bertz CT molecular complexity index is 2830. The Balaban J connectivity index is 0.00000280. The number of imidazole rings is 1. The van der Waals surface area contributed by atoms with E-state index in [1.165, 1.54) is 76.3 Å². The van der Waals surface area contributed by atoms with E-state index in [4.69, 9.17) is 0 Å². The molecule has 0 unspecified atom stereocenters. The smallest absolute Gasteiger partial charge is 0.319 e. The normalized spacial score (nSPS) is 11.2. The molecule has 10 aromatic rings. The summed E-state index contributed by atoms with van der Waals surface area (Å²) in [5, 5.41) is 10.6. The quantitative estimate of drug-likeness (QED) is 0.0376. The van der Waals surface area contributed by atoms with Crippen LogP contribution in [0, 0.1) is 0 Å². The Morgan fingerprint density at radius 3 is 1.36 bits per heavy atom. The van der Waals surface area contributed by atoms with Crippen LogP contribution in [0.4, 0.5) is 0 Å². The van der Waals surface area contributed by atoms with Crippen molar-refractivity contribution >= 4 is 56.5 Å². The van der Waals surface area contributed by atoms with E-state index < -0.39 is 7.26 Å². The number of rotatable bonds is 14. The van der Waals surface area contributed by atoms with E-state index in [0.717, 1.165) is 31.4 Å². The van der Waals surface area contributed by atoms with Crippen LogP contribution in [0.15, 0.2) is 242 Å².